The Balaban J connectivity index is 1.78. The zero-order chi connectivity index (χ0) is 14.1. The molecular weight excluding hydrogens is 252 g/mol. The molecule has 2 fully saturated rings. The first kappa shape index (κ1) is 13.9. The molecule has 0 bridgehead atoms. The Hall–Kier alpha value is -1.07. The molecule has 1 saturated carbocycles. The summed E-state index contributed by atoms with van der Waals surface area (Å²) in [4.78, 5) is 2.41. The van der Waals surface area contributed by atoms with E-state index in [1.54, 1.807) is 0 Å². The Kier molecular flexibility index (Phi) is 3.98. The van der Waals surface area contributed by atoms with Crippen molar-refractivity contribution in [3.8, 4) is 0 Å². The Labute approximate surface area is 121 Å². The summed E-state index contributed by atoms with van der Waals surface area (Å²) in [6, 6.07) is 1.30. The molecule has 0 amide bonds. The first-order chi connectivity index (χ1) is 9.66. The van der Waals surface area contributed by atoms with Crippen LogP contribution in [0.4, 0.5) is 5.82 Å². The van der Waals surface area contributed by atoms with E-state index in [1.807, 2.05) is 4.68 Å². The summed E-state index contributed by atoms with van der Waals surface area (Å²) in [6.07, 6.45) is 4.86. The number of rotatable bonds is 5. The van der Waals surface area contributed by atoms with Crippen molar-refractivity contribution >= 4 is 5.82 Å². The molecule has 0 radical (unpaired) electrons. The van der Waals surface area contributed by atoms with E-state index in [0.29, 0.717) is 6.04 Å². The number of aromatic nitrogens is 2. The summed E-state index contributed by atoms with van der Waals surface area (Å²) in [5, 5.41) is 8.25. The molecule has 5 nitrogen and oxygen atoms in total. The second kappa shape index (κ2) is 5.74. The fraction of sp³-hybridized carbons (Fsp3) is 0.800. The predicted octanol–water partition coefficient (Wildman–Crippen LogP) is 1.60. The fourth-order valence-corrected chi connectivity index (χ4v) is 3.12. The second-order valence-electron chi connectivity index (χ2n) is 6.12. The van der Waals surface area contributed by atoms with Gasteiger partial charge in [-0.1, -0.05) is 0 Å². The molecule has 0 unspecified atom stereocenters. The fourth-order valence-electron chi connectivity index (χ4n) is 3.12. The highest BCUT2D eigenvalue weighted by molar-refractivity contribution is 5.50. The second-order valence-corrected chi connectivity index (χ2v) is 6.12. The van der Waals surface area contributed by atoms with Crippen molar-refractivity contribution in [3.63, 3.8) is 0 Å². The largest absolute Gasteiger partial charge is 0.381 e. The van der Waals surface area contributed by atoms with Crippen LogP contribution in [0.3, 0.4) is 0 Å². The zero-order valence-corrected chi connectivity index (χ0v) is 12.9. The molecule has 112 valence electrons. The average Bonchev–Trinajstić information content (AvgIpc) is 3.23. The minimum atomic E-state index is 0.568. The van der Waals surface area contributed by atoms with Gasteiger partial charge in [-0.15, -0.1) is 0 Å². The SMILES string of the molecule is Cc1nn(C)c(N(C)C2CCOCC2)c1CNC1CC1. The van der Waals surface area contributed by atoms with E-state index in [1.165, 1.54) is 24.2 Å². The number of ether oxygens (including phenoxy) is 1. The van der Waals surface area contributed by atoms with E-state index in [0.717, 1.165) is 44.3 Å². The lowest BCUT2D eigenvalue weighted by Gasteiger charge is -2.33. The van der Waals surface area contributed by atoms with Crippen LogP contribution in [0.15, 0.2) is 0 Å². The summed E-state index contributed by atoms with van der Waals surface area (Å²) in [5.41, 5.74) is 2.50. The van der Waals surface area contributed by atoms with E-state index in [2.05, 4.69) is 36.3 Å². The predicted molar refractivity (Wildman–Crippen MR) is 80.1 cm³/mol. The van der Waals surface area contributed by atoms with Crippen LogP contribution < -0.4 is 10.2 Å². The maximum atomic E-state index is 5.48. The monoisotopic (exact) mass is 278 g/mol. The smallest absolute Gasteiger partial charge is 0.131 e. The quantitative estimate of drug-likeness (QED) is 0.888. The summed E-state index contributed by atoms with van der Waals surface area (Å²) >= 11 is 0. The van der Waals surface area contributed by atoms with Crippen molar-refractivity contribution in [2.45, 2.75) is 51.2 Å². The van der Waals surface area contributed by atoms with Gasteiger partial charge in [-0.25, -0.2) is 0 Å². The summed E-state index contributed by atoms with van der Waals surface area (Å²) in [5.74, 6) is 1.27. The summed E-state index contributed by atoms with van der Waals surface area (Å²) in [7, 11) is 4.26. The van der Waals surface area contributed by atoms with Gasteiger partial charge in [0.15, 0.2) is 0 Å². The van der Waals surface area contributed by atoms with Gasteiger partial charge >= 0.3 is 0 Å². The Morgan fingerprint density at radius 3 is 2.65 bits per heavy atom. The van der Waals surface area contributed by atoms with Gasteiger partial charge in [0.1, 0.15) is 5.82 Å². The summed E-state index contributed by atoms with van der Waals surface area (Å²) in [6.45, 7) is 4.81. The number of hydrogen-bond donors (Lipinski definition) is 1. The standard InChI is InChI=1S/C15H26N4O/c1-11-14(10-16-12-4-5-12)15(19(3)17-11)18(2)13-6-8-20-9-7-13/h12-13,16H,4-10H2,1-3H3. The molecule has 1 aromatic rings. The first-order valence-electron chi connectivity index (χ1n) is 7.73. The van der Waals surface area contributed by atoms with Crippen molar-refractivity contribution in [1.82, 2.24) is 15.1 Å². The lowest BCUT2D eigenvalue weighted by atomic mass is 10.1. The van der Waals surface area contributed by atoms with Crippen LogP contribution >= 0.6 is 0 Å². The van der Waals surface area contributed by atoms with Crippen molar-refractivity contribution in [2.24, 2.45) is 7.05 Å². The highest BCUT2D eigenvalue weighted by atomic mass is 16.5. The van der Waals surface area contributed by atoms with Crippen LogP contribution in [0, 0.1) is 6.92 Å². The van der Waals surface area contributed by atoms with Crippen LogP contribution in [0.5, 0.6) is 0 Å². The molecule has 20 heavy (non-hydrogen) atoms. The number of nitrogens with zero attached hydrogens (tertiary/aromatic N) is 3. The number of aryl methyl sites for hydroxylation is 2. The molecular formula is C15H26N4O. The van der Waals surface area contributed by atoms with Gasteiger partial charge in [-0.3, -0.25) is 4.68 Å². The number of hydrogen-bond acceptors (Lipinski definition) is 4. The van der Waals surface area contributed by atoms with Crippen LogP contribution in [-0.2, 0) is 18.3 Å². The molecule has 1 saturated heterocycles. The molecule has 2 heterocycles. The van der Waals surface area contributed by atoms with Crippen molar-refractivity contribution in [3.05, 3.63) is 11.3 Å². The molecule has 0 aromatic carbocycles. The normalized spacial score (nSPS) is 20.4. The summed E-state index contributed by atoms with van der Waals surface area (Å²) < 4.78 is 7.51. The molecule has 1 aromatic heterocycles. The molecule has 2 aliphatic rings. The maximum Gasteiger partial charge on any atom is 0.131 e. The van der Waals surface area contributed by atoms with Gasteiger partial charge < -0.3 is 15.0 Å². The van der Waals surface area contributed by atoms with Crippen LogP contribution in [0.2, 0.25) is 0 Å². The van der Waals surface area contributed by atoms with Crippen LogP contribution in [0.25, 0.3) is 0 Å². The van der Waals surface area contributed by atoms with Crippen molar-refractivity contribution in [1.29, 1.82) is 0 Å². The van der Waals surface area contributed by atoms with Crippen LogP contribution in [-0.4, -0.2) is 42.1 Å². The lowest BCUT2D eigenvalue weighted by molar-refractivity contribution is 0.0852. The Morgan fingerprint density at radius 2 is 2.00 bits per heavy atom. The molecule has 5 heteroatoms. The van der Waals surface area contributed by atoms with E-state index in [4.69, 9.17) is 4.74 Å². The molecule has 1 aliphatic carbocycles. The van der Waals surface area contributed by atoms with E-state index < -0.39 is 0 Å². The van der Waals surface area contributed by atoms with Gasteiger partial charge in [0.05, 0.1) is 5.69 Å². The van der Waals surface area contributed by atoms with Gasteiger partial charge in [0.25, 0.3) is 0 Å². The lowest BCUT2D eigenvalue weighted by Crippen LogP contribution is -2.38. The Bertz CT molecular complexity index is 461. The zero-order valence-electron chi connectivity index (χ0n) is 12.9. The highest BCUT2D eigenvalue weighted by Crippen LogP contribution is 2.28. The van der Waals surface area contributed by atoms with Gasteiger partial charge in [-0.2, -0.15) is 5.10 Å². The van der Waals surface area contributed by atoms with E-state index in [-0.39, 0.29) is 0 Å². The van der Waals surface area contributed by atoms with E-state index >= 15 is 0 Å². The third-order valence-corrected chi connectivity index (χ3v) is 4.53. The molecule has 0 spiro atoms. The Morgan fingerprint density at radius 1 is 1.30 bits per heavy atom. The molecule has 1 aliphatic heterocycles. The van der Waals surface area contributed by atoms with Gasteiger partial charge in [-0.05, 0) is 32.6 Å². The van der Waals surface area contributed by atoms with Crippen molar-refractivity contribution < 1.29 is 4.74 Å². The third-order valence-electron chi connectivity index (χ3n) is 4.53. The highest BCUT2D eigenvalue weighted by Gasteiger charge is 2.26. The maximum absolute atomic E-state index is 5.48. The molecule has 0 atom stereocenters. The van der Waals surface area contributed by atoms with E-state index in [9.17, 15) is 0 Å². The topological polar surface area (TPSA) is 42.3 Å². The van der Waals surface area contributed by atoms with Crippen LogP contribution in [0.1, 0.15) is 36.9 Å². The van der Waals surface area contributed by atoms with Crippen molar-refractivity contribution in [2.75, 3.05) is 25.2 Å². The molecule has 1 N–H and O–H groups in total. The molecule has 3 rings (SSSR count). The first-order valence-corrected chi connectivity index (χ1v) is 7.73. The minimum absolute atomic E-state index is 0.568. The van der Waals surface area contributed by atoms with Gasteiger partial charge in [0, 0.05) is 51.5 Å². The third kappa shape index (κ3) is 2.83. The number of nitrogens with one attached hydrogen (secondary N) is 1. The average molecular weight is 278 g/mol. The van der Waals surface area contributed by atoms with Gasteiger partial charge in [0.2, 0.25) is 0 Å². The number of anilines is 1. The minimum Gasteiger partial charge on any atom is -0.381 e.